The van der Waals surface area contributed by atoms with E-state index in [1.807, 2.05) is 54.6 Å². The third-order valence-electron chi connectivity index (χ3n) is 4.93. The van der Waals surface area contributed by atoms with Crippen molar-refractivity contribution in [2.24, 2.45) is 0 Å². The van der Waals surface area contributed by atoms with Gasteiger partial charge in [0.1, 0.15) is 23.9 Å². The number of ether oxygens (including phenoxy) is 1. The minimum Gasteiger partial charge on any atom is -0.484 e. The maximum Gasteiger partial charge on any atom is 0.186 e. The number of ketones is 1. The van der Waals surface area contributed by atoms with E-state index in [0.29, 0.717) is 27.9 Å². The third kappa shape index (κ3) is 4.44. The van der Waals surface area contributed by atoms with E-state index in [0.717, 1.165) is 16.3 Å². The van der Waals surface area contributed by atoms with E-state index in [1.54, 1.807) is 36.0 Å². The highest BCUT2D eigenvalue weighted by Crippen LogP contribution is 2.44. The highest BCUT2D eigenvalue weighted by molar-refractivity contribution is 7.99. The molecule has 0 atom stereocenters. The molecule has 0 bridgehead atoms. The molecule has 1 aliphatic rings. The number of carbonyl (C=O) groups is 1. The van der Waals surface area contributed by atoms with Crippen LogP contribution in [0.1, 0.15) is 21.9 Å². The van der Waals surface area contributed by atoms with Crippen molar-refractivity contribution in [3.63, 3.8) is 0 Å². The Balaban J connectivity index is 1.24. The highest BCUT2D eigenvalue weighted by atomic mass is 35.5. The number of carbonyl (C=O) groups excluding carboxylic acids is 1. The number of rotatable bonds is 6. The summed E-state index contributed by atoms with van der Waals surface area (Å²) in [5.41, 5.74) is 2.60. The van der Waals surface area contributed by atoms with Crippen LogP contribution in [0, 0.1) is 0 Å². The number of furan rings is 1. The molecule has 0 spiro atoms. The van der Waals surface area contributed by atoms with Gasteiger partial charge in [-0.2, -0.15) is 0 Å². The molecular weight excluding hydrogens is 442 g/mol. The van der Waals surface area contributed by atoms with E-state index in [9.17, 15) is 4.79 Å². The Morgan fingerprint density at radius 3 is 2.69 bits per heavy atom. The molecule has 1 aromatic heterocycles. The summed E-state index contributed by atoms with van der Waals surface area (Å²) in [6.45, 7) is 0.251. The Kier molecular flexibility index (Phi) is 5.75. The van der Waals surface area contributed by atoms with Gasteiger partial charge in [-0.3, -0.25) is 4.79 Å². The van der Waals surface area contributed by atoms with E-state index < -0.39 is 0 Å². The molecule has 0 unspecified atom stereocenters. The Bertz CT molecular complexity index is 1330. The number of hydrogen-bond donors (Lipinski definition) is 1. The second-order valence-electron chi connectivity index (χ2n) is 7.15. The zero-order valence-electron chi connectivity index (χ0n) is 16.9. The van der Waals surface area contributed by atoms with Gasteiger partial charge in [0.25, 0.3) is 0 Å². The average molecular weight is 460 g/mol. The Morgan fingerprint density at radius 1 is 0.969 bits per heavy atom. The lowest BCUT2D eigenvalue weighted by atomic mass is 10.1. The predicted molar refractivity (Wildman–Crippen MR) is 128 cm³/mol. The summed E-state index contributed by atoms with van der Waals surface area (Å²) in [7, 11) is 0. The van der Waals surface area contributed by atoms with Gasteiger partial charge in [-0.25, -0.2) is 0 Å². The SMILES string of the molecule is O=C(/C=C/c1ccc(COc2ccccc2Cl)o1)c1ccc2c(c1)Nc1ccccc1S2. The lowest BCUT2D eigenvalue weighted by molar-refractivity contribution is 0.104. The molecule has 0 radical (unpaired) electrons. The van der Waals surface area contributed by atoms with Gasteiger partial charge in [-0.1, -0.05) is 47.6 Å². The number of allylic oxidation sites excluding steroid dienone is 1. The molecule has 0 saturated heterocycles. The maximum atomic E-state index is 12.7. The molecular formula is C26H18ClNO3S. The summed E-state index contributed by atoms with van der Waals surface area (Å²) >= 11 is 7.79. The van der Waals surface area contributed by atoms with Gasteiger partial charge in [0.2, 0.25) is 0 Å². The minimum absolute atomic E-state index is 0.0938. The zero-order chi connectivity index (χ0) is 21.9. The Hall–Kier alpha value is -3.41. The van der Waals surface area contributed by atoms with Crippen LogP contribution in [-0.2, 0) is 6.61 Å². The van der Waals surface area contributed by atoms with Gasteiger partial charge in [0.05, 0.1) is 16.4 Å². The van der Waals surface area contributed by atoms with Crippen molar-refractivity contribution >= 4 is 46.6 Å². The number of halogens is 1. The number of para-hydroxylation sites is 2. The molecule has 2 heterocycles. The topological polar surface area (TPSA) is 51.5 Å². The molecule has 158 valence electrons. The van der Waals surface area contributed by atoms with Crippen LogP contribution >= 0.6 is 23.4 Å². The van der Waals surface area contributed by atoms with Crippen LogP contribution in [0.3, 0.4) is 0 Å². The summed E-state index contributed by atoms with van der Waals surface area (Å²) in [5, 5.41) is 3.95. The normalized spacial score (nSPS) is 12.2. The van der Waals surface area contributed by atoms with Crippen LogP contribution in [0.2, 0.25) is 5.02 Å². The molecule has 5 rings (SSSR count). The van der Waals surface area contributed by atoms with E-state index in [4.69, 9.17) is 20.8 Å². The first kappa shape index (κ1) is 20.5. The maximum absolute atomic E-state index is 12.7. The third-order valence-corrected chi connectivity index (χ3v) is 6.39. The van der Waals surface area contributed by atoms with Crippen molar-refractivity contribution in [2.75, 3.05) is 5.32 Å². The summed E-state index contributed by atoms with van der Waals surface area (Å²) in [5.74, 6) is 1.73. The first-order chi connectivity index (χ1) is 15.7. The number of fused-ring (bicyclic) bond motifs is 2. The molecule has 4 aromatic rings. The highest BCUT2D eigenvalue weighted by Gasteiger charge is 2.16. The summed E-state index contributed by atoms with van der Waals surface area (Å²) in [6.07, 6.45) is 3.18. The van der Waals surface area contributed by atoms with Crippen molar-refractivity contribution in [3.05, 3.63) is 107 Å². The first-order valence-corrected chi connectivity index (χ1v) is 11.2. The molecule has 1 aliphatic heterocycles. The van der Waals surface area contributed by atoms with E-state index >= 15 is 0 Å². The minimum atomic E-state index is -0.0938. The van der Waals surface area contributed by atoms with Gasteiger partial charge in [0.15, 0.2) is 5.78 Å². The van der Waals surface area contributed by atoms with Gasteiger partial charge >= 0.3 is 0 Å². The molecule has 0 amide bonds. The van der Waals surface area contributed by atoms with Crippen LogP contribution in [0.4, 0.5) is 11.4 Å². The van der Waals surface area contributed by atoms with Crippen molar-refractivity contribution in [1.82, 2.24) is 0 Å². The fraction of sp³-hybridized carbons (Fsp3) is 0.0385. The summed E-state index contributed by atoms with van der Waals surface area (Å²) in [6, 6.07) is 24.7. The lowest BCUT2D eigenvalue weighted by Gasteiger charge is -2.20. The fourth-order valence-corrected chi connectivity index (χ4v) is 4.48. The Morgan fingerprint density at radius 2 is 1.78 bits per heavy atom. The van der Waals surface area contributed by atoms with Gasteiger partial charge in [0, 0.05) is 15.4 Å². The van der Waals surface area contributed by atoms with Crippen molar-refractivity contribution in [2.45, 2.75) is 16.4 Å². The average Bonchev–Trinajstić information content (AvgIpc) is 3.28. The van der Waals surface area contributed by atoms with Gasteiger partial charge in [-0.05, 0) is 66.7 Å². The largest absolute Gasteiger partial charge is 0.484 e. The lowest BCUT2D eigenvalue weighted by Crippen LogP contribution is -2.02. The van der Waals surface area contributed by atoms with Crippen molar-refractivity contribution in [3.8, 4) is 5.75 Å². The number of hydrogen-bond acceptors (Lipinski definition) is 5. The Labute approximate surface area is 194 Å². The van der Waals surface area contributed by atoms with Gasteiger partial charge in [-0.15, -0.1) is 0 Å². The molecule has 0 aliphatic carbocycles. The van der Waals surface area contributed by atoms with Crippen LogP contribution < -0.4 is 10.1 Å². The second-order valence-corrected chi connectivity index (χ2v) is 8.65. The van der Waals surface area contributed by atoms with E-state index in [2.05, 4.69) is 11.4 Å². The fourth-order valence-electron chi connectivity index (χ4n) is 3.32. The molecule has 0 saturated carbocycles. The van der Waals surface area contributed by atoms with Crippen LogP contribution in [0.25, 0.3) is 6.08 Å². The molecule has 32 heavy (non-hydrogen) atoms. The van der Waals surface area contributed by atoms with Crippen molar-refractivity contribution < 1.29 is 13.9 Å². The van der Waals surface area contributed by atoms with Crippen molar-refractivity contribution in [1.29, 1.82) is 0 Å². The van der Waals surface area contributed by atoms with Crippen LogP contribution in [0.15, 0.2) is 99.1 Å². The molecule has 6 heteroatoms. The first-order valence-electron chi connectivity index (χ1n) is 10.0. The molecule has 1 N–H and O–H groups in total. The second kappa shape index (κ2) is 8.99. The van der Waals surface area contributed by atoms with Crippen LogP contribution in [0.5, 0.6) is 5.75 Å². The standard InChI is InChI=1S/C26H18ClNO3S/c27-20-5-1-3-7-24(20)30-16-19-11-10-18(31-19)12-13-23(29)17-9-14-26-22(15-17)28-21-6-2-4-8-25(21)32-26/h1-15,28H,16H2/b13-12+. The number of anilines is 2. The quantitative estimate of drug-likeness (QED) is 0.209. The number of nitrogens with one attached hydrogen (secondary N) is 1. The molecule has 0 fully saturated rings. The summed E-state index contributed by atoms with van der Waals surface area (Å²) in [4.78, 5) is 15.0. The summed E-state index contributed by atoms with van der Waals surface area (Å²) < 4.78 is 11.4. The van der Waals surface area contributed by atoms with Crippen LogP contribution in [-0.4, -0.2) is 5.78 Å². The zero-order valence-corrected chi connectivity index (χ0v) is 18.5. The molecule has 4 nitrogen and oxygen atoms in total. The van der Waals surface area contributed by atoms with Gasteiger partial charge < -0.3 is 14.5 Å². The monoisotopic (exact) mass is 459 g/mol. The smallest absolute Gasteiger partial charge is 0.186 e. The van der Waals surface area contributed by atoms with E-state index in [-0.39, 0.29) is 12.4 Å². The van der Waals surface area contributed by atoms with E-state index in [1.165, 1.54) is 11.0 Å². The molecule has 3 aromatic carbocycles. The predicted octanol–water partition coefficient (Wildman–Crippen LogP) is 7.62. The number of benzene rings is 3.